The van der Waals surface area contributed by atoms with Crippen molar-refractivity contribution in [3.8, 4) is 5.75 Å². The van der Waals surface area contributed by atoms with Crippen LogP contribution in [0.2, 0.25) is 0 Å². The lowest BCUT2D eigenvalue weighted by Crippen LogP contribution is -2.32. The van der Waals surface area contributed by atoms with Gasteiger partial charge in [0.05, 0.1) is 0 Å². The van der Waals surface area contributed by atoms with Crippen molar-refractivity contribution in [3.63, 3.8) is 0 Å². The number of nitrogens with one attached hydrogen (secondary N) is 2. The first-order valence-electron chi connectivity index (χ1n) is 8.75. The van der Waals surface area contributed by atoms with Crippen LogP contribution >= 0.6 is 0 Å². The molecule has 26 heavy (non-hydrogen) atoms. The predicted molar refractivity (Wildman–Crippen MR) is 97.2 cm³/mol. The van der Waals surface area contributed by atoms with Gasteiger partial charge in [-0.25, -0.2) is 14.8 Å². The first-order chi connectivity index (χ1) is 12.6. The first kappa shape index (κ1) is 17.8. The Bertz CT molecular complexity index is 743. The number of aromatic nitrogens is 2. The zero-order valence-corrected chi connectivity index (χ0v) is 14.4. The number of rotatable bonds is 6. The molecule has 1 aromatic heterocycles. The van der Waals surface area contributed by atoms with Crippen LogP contribution in [0.1, 0.15) is 43.7 Å². The highest BCUT2D eigenvalue weighted by atomic mass is 16.5. The number of hydrogen-bond donors (Lipinski definition) is 3. The van der Waals surface area contributed by atoms with E-state index in [1.807, 2.05) is 0 Å². The molecule has 1 unspecified atom stereocenters. The maximum Gasteiger partial charge on any atom is 0.354 e. The molecule has 0 radical (unpaired) electrons. The number of phenolic OH excluding ortho intramolecular Hbond substituents is 1. The molecule has 1 atom stereocenters. The number of carbonyl (C=O) groups is 1. The van der Waals surface area contributed by atoms with E-state index in [0.29, 0.717) is 11.5 Å². The fourth-order valence-corrected chi connectivity index (χ4v) is 3.01. The van der Waals surface area contributed by atoms with E-state index in [9.17, 15) is 9.90 Å². The highest BCUT2D eigenvalue weighted by Gasteiger charge is 2.28. The van der Waals surface area contributed by atoms with Gasteiger partial charge in [-0.15, -0.1) is 0 Å². The maximum absolute atomic E-state index is 12.5. The van der Waals surface area contributed by atoms with Crippen molar-refractivity contribution in [2.75, 3.05) is 5.32 Å². The number of anilines is 1. The van der Waals surface area contributed by atoms with Gasteiger partial charge < -0.3 is 15.2 Å². The van der Waals surface area contributed by atoms with Gasteiger partial charge in [-0.2, -0.15) is 0 Å². The Hall–Kier alpha value is -2.96. The highest BCUT2D eigenvalue weighted by molar-refractivity contribution is 6.37. The van der Waals surface area contributed by atoms with E-state index < -0.39 is 12.0 Å². The third-order valence-corrected chi connectivity index (χ3v) is 4.40. The molecular formula is C19H22N4O3. The average molecular weight is 354 g/mol. The number of nitrogens with zero attached hydrogens (tertiary/aromatic N) is 2. The van der Waals surface area contributed by atoms with Gasteiger partial charge in [-0.1, -0.05) is 18.6 Å². The van der Waals surface area contributed by atoms with Crippen LogP contribution in [0.4, 0.5) is 5.95 Å². The average Bonchev–Trinajstić information content (AvgIpc) is 2.68. The minimum atomic E-state index is -0.769. The molecule has 0 aliphatic heterocycles. The maximum atomic E-state index is 12.5. The summed E-state index contributed by atoms with van der Waals surface area (Å²) in [7, 11) is 0. The fraction of sp³-hybridized carbons (Fsp3) is 0.368. The lowest BCUT2D eigenvalue weighted by atomic mass is 9.97. The third-order valence-electron chi connectivity index (χ3n) is 4.40. The van der Waals surface area contributed by atoms with Crippen LogP contribution in [0, 0.1) is 5.41 Å². The van der Waals surface area contributed by atoms with Crippen molar-refractivity contribution in [2.45, 2.75) is 44.2 Å². The van der Waals surface area contributed by atoms with Crippen LogP contribution in [-0.4, -0.2) is 32.9 Å². The topological polar surface area (TPSA) is 108 Å². The molecule has 0 saturated heterocycles. The number of esters is 1. The Morgan fingerprint density at radius 2 is 1.81 bits per heavy atom. The summed E-state index contributed by atoms with van der Waals surface area (Å²) in [5, 5.41) is 20.9. The largest absolute Gasteiger partial charge is 0.508 e. The van der Waals surface area contributed by atoms with E-state index >= 15 is 0 Å². The minimum Gasteiger partial charge on any atom is -0.508 e. The summed E-state index contributed by atoms with van der Waals surface area (Å²) in [5.41, 5.74) is 0.426. The predicted octanol–water partition coefficient (Wildman–Crippen LogP) is 3.23. The van der Waals surface area contributed by atoms with Crippen molar-refractivity contribution >= 4 is 17.6 Å². The SMILES string of the molecule is N=C(C(=O)OC1CCCCC1)C(Nc1ncccn1)c1ccc(O)cc1. The number of aromatic hydroxyl groups is 1. The van der Waals surface area contributed by atoms with Gasteiger partial charge >= 0.3 is 5.97 Å². The van der Waals surface area contributed by atoms with Gasteiger partial charge in [0.2, 0.25) is 5.95 Å². The molecular weight excluding hydrogens is 332 g/mol. The molecule has 0 bridgehead atoms. The molecule has 1 aliphatic carbocycles. The molecule has 0 spiro atoms. The molecule has 1 aliphatic rings. The quantitative estimate of drug-likeness (QED) is 0.543. The van der Waals surface area contributed by atoms with Gasteiger partial charge in [0, 0.05) is 12.4 Å². The summed E-state index contributed by atoms with van der Waals surface area (Å²) in [6, 6.07) is 7.24. The van der Waals surface area contributed by atoms with Crippen molar-refractivity contribution < 1.29 is 14.6 Å². The second-order valence-electron chi connectivity index (χ2n) is 6.32. The van der Waals surface area contributed by atoms with Gasteiger partial charge in [-0.05, 0) is 49.4 Å². The van der Waals surface area contributed by atoms with Crippen LogP contribution in [0.5, 0.6) is 5.75 Å². The van der Waals surface area contributed by atoms with Gasteiger partial charge in [0.1, 0.15) is 23.6 Å². The Labute approximate surface area is 152 Å². The Kier molecular flexibility index (Phi) is 5.78. The standard InChI is InChI=1S/C19H22N4O3/c20-16(18(25)26-15-5-2-1-3-6-15)17(13-7-9-14(24)10-8-13)23-19-21-11-4-12-22-19/h4,7-12,15,17,20,24H,1-3,5-6H2,(H,21,22,23). The smallest absolute Gasteiger partial charge is 0.354 e. The molecule has 0 amide bonds. The van der Waals surface area contributed by atoms with Crippen molar-refractivity contribution in [1.82, 2.24) is 9.97 Å². The molecule has 1 heterocycles. The number of carbonyl (C=O) groups excluding carboxylic acids is 1. The normalized spacial score (nSPS) is 15.8. The highest BCUT2D eigenvalue weighted by Crippen LogP contribution is 2.24. The van der Waals surface area contributed by atoms with Gasteiger partial charge in [0.15, 0.2) is 0 Å². The van der Waals surface area contributed by atoms with Crippen LogP contribution in [0.25, 0.3) is 0 Å². The van der Waals surface area contributed by atoms with E-state index in [2.05, 4.69) is 15.3 Å². The molecule has 7 heteroatoms. The summed E-state index contributed by atoms with van der Waals surface area (Å²) in [5.74, 6) is -0.223. The van der Waals surface area contributed by atoms with Crippen LogP contribution in [-0.2, 0) is 9.53 Å². The second-order valence-corrected chi connectivity index (χ2v) is 6.32. The Morgan fingerprint density at radius 1 is 1.15 bits per heavy atom. The third kappa shape index (κ3) is 4.56. The van der Waals surface area contributed by atoms with Crippen molar-refractivity contribution in [1.29, 1.82) is 5.41 Å². The minimum absolute atomic E-state index is 0.111. The van der Waals surface area contributed by atoms with Crippen molar-refractivity contribution in [2.24, 2.45) is 0 Å². The molecule has 1 saturated carbocycles. The zero-order chi connectivity index (χ0) is 18.4. The summed E-state index contributed by atoms with van der Waals surface area (Å²) in [6.45, 7) is 0. The number of phenols is 1. The van der Waals surface area contributed by atoms with Crippen LogP contribution in [0.3, 0.4) is 0 Å². The molecule has 3 rings (SSSR count). The molecule has 2 aromatic rings. The number of benzene rings is 1. The summed E-state index contributed by atoms with van der Waals surface area (Å²) in [4.78, 5) is 20.7. The van der Waals surface area contributed by atoms with E-state index in [1.54, 1.807) is 30.6 Å². The van der Waals surface area contributed by atoms with Crippen LogP contribution in [0.15, 0.2) is 42.7 Å². The Balaban J connectivity index is 1.78. The van der Waals surface area contributed by atoms with Gasteiger partial charge in [-0.3, -0.25) is 5.41 Å². The van der Waals surface area contributed by atoms with Gasteiger partial charge in [0.25, 0.3) is 0 Å². The van der Waals surface area contributed by atoms with E-state index in [-0.39, 0.29) is 17.6 Å². The monoisotopic (exact) mass is 354 g/mol. The second kappa shape index (κ2) is 8.42. The Morgan fingerprint density at radius 3 is 2.46 bits per heavy atom. The number of ether oxygens (including phenoxy) is 1. The van der Waals surface area contributed by atoms with Crippen LogP contribution < -0.4 is 5.32 Å². The summed E-state index contributed by atoms with van der Waals surface area (Å²) < 4.78 is 5.52. The molecule has 7 nitrogen and oxygen atoms in total. The first-order valence-corrected chi connectivity index (χ1v) is 8.75. The lowest BCUT2D eigenvalue weighted by Gasteiger charge is -2.24. The fourth-order valence-electron chi connectivity index (χ4n) is 3.01. The van der Waals surface area contributed by atoms with E-state index in [0.717, 1.165) is 32.1 Å². The summed E-state index contributed by atoms with van der Waals surface area (Å²) in [6.07, 6.45) is 7.97. The number of hydrogen-bond acceptors (Lipinski definition) is 7. The van der Waals surface area contributed by atoms with E-state index in [4.69, 9.17) is 10.1 Å². The molecule has 1 fully saturated rings. The molecule has 1 aromatic carbocycles. The summed E-state index contributed by atoms with van der Waals surface area (Å²) >= 11 is 0. The molecule has 136 valence electrons. The zero-order valence-electron chi connectivity index (χ0n) is 14.4. The van der Waals surface area contributed by atoms with Crippen molar-refractivity contribution in [3.05, 3.63) is 48.3 Å². The lowest BCUT2D eigenvalue weighted by molar-refractivity contribution is -0.142. The van der Waals surface area contributed by atoms with E-state index in [1.165, 1.54) is 12.1 Å². The molecule has 3 N–H and O–H groups in total.